The summed E-state index contributed by atoms with van der Waals surface area (Å²) >= 11 is 0. The molecule has 8 atom stereocenters. The van der Waals surface area contributed by atoms with Crippen molar-refractivity contribution in [3.63, 3.8) is 0 Å². The molecular weight excluding hydrogens is 1880 g/mol. The highest BCUT2D eigenvalue weighted by Gasteiger charge is 2.38. The molecule has 0 fully saturated rings. The van der Waals surface area contributed by atoms with Gasteiger partial charge in [-0.3, -0.25) is 0 Å². The lowest BCUT2D eigenvalue weighted by Crippen LogP contribution is -2.44. The molecule has 44 nitrogen and oxygen atoms in total. The molecule has 142 heavy (non-hydrogen) atoms. The first-order valence-electron chi connectivity index (χ1n) is 45.1. The minimum atomic E-state index is -0.878. The highest BCUT2D eigenvalue weighted by atomic mass is 16.6. The van der Waals surface area contributed by atoms with Crippen LogP contribution in [-0.2, 0) is 190 Å². The molecule has 0 aromatic carbocycles. The van der Waals surface area contributed by atoms with E-state index in [1.165, 1.54) is 0 Å². The van der Waals surface area contributed by atoms with E-state index in [1.807, 2.05) is 0 Å². The number of ether oxygens (including phenoxy) is 28. The maximum absolute atomic E-state index is 11.8. The standard InChI is InChI=1S/C27H44O11.C26H42O11.C23H36O11.C22H34O11/c1-9-24(29)36-21(6)12-33-16-27(15-32-11-20(5)28,17-34-13-22(7)37-25(30)10-2)18-35-14-23(8)38-26(31)19(3)4;1-8-23(28)35-20(5)12-32-16-26(15-31-11-19(4)27,17-33-13-21(6)36-24(29)9-2)18-34-14-22(7)37-25(30)10-3;1-5-20(25)32-12-9-29-16-23(15-28-8-7-24,17-30-10-13-33-21(26)6-2)18-31-11-14-34-22(27)19(3)4;1-4-19(24)31-12-9-28-16-22(15-27-8-7-23,17-29-10-13-32-20(25)5-2)18-30-11-14-33-21(26)6-3/h9-10,20-23,28H,1-3,11-18H2,4-8H3;8-10,19-22,27H,1-3,11-18H2,4-7H3;5-6,24H,1-3,7-18H2,4H3;4-6,23H,1-3,7-18H2. The van der Waals surface area contributed by atoms with Crippen LogP contribution in [0.5, 0.6) is 0 Å². The summed E-state index contributed by atoms with van der Waals surface area (Å²) in [5.74, 6) is -6.70. The molecule has 0 aliphatic rings. The van der Waals surface area contributed by atoms with E-state index in [1.54, 1.807) is 69.2 Å². The van der Waals surface area contributed by atoms with E-state index in [-0.39, 0.29) is 275 Å². The summed E-state index contributed by atoms with van der Waals surface area (Å²) in [4.78, 5) is 136. The molecular formula is C98H156O44. The monoisotopic (exact) mass is 2040 g/mol. The van der Waals surface area contributed by atoms with Crippen LogP contribution in [0.25, 0.3) is 0 Å². The van der Waals surface area contributed by atoms with Crippen molar-refractivity contribution in [3.05, 3.63) is 151 Å². The van der Waals surface area contributed by atoms with Crippen LogP contribution in [0.2, 0.25) is 0 Å². The summed E-state index contributed by atoms with van der Waals surface area (Å²) in [6, 6.07) is 0. The molecule has 0 aromatic rings. The van der Waals surface area contributed by atoms with Crippen LogP contribution in [0.1, 0.15) is 69.2 Å². The molecule has 0 aliphatic heterocycles. The van der Waals surface area contributed by atoms with Gasteiger partial charge in [0.1, 0.15) is 76.3 Å². The first kappa shape index (κ1) is 138. The number of esters is 12. The Hall–Kier alpha value is -10.3. The predicted molar refractivity (Wildman–Crippen MR) is 511 cm³/mol. The van der Waals surface area contributed by atoms with Crippen molar-refractivity contribution in [1.82, 2.24) is 0 Å². The molecule has 0 heterocycles. The van der Waals surface area contributed by atoms with Gasteiger partial charge in [0.2, 0.25) is 0 Å². The lowest BCUT2D eigenvalue weighted by molar-refractivity contribution is -0.157. The molecule has 0 saturated heterocycles. The molecule has 0 radical (unpaired) electrons. The third-order valence-corrected chi connectivity index (χ3v) is 16.9. The van der Waals surface area contributed by atoms with Gasteiger partial charge in [0, 0.05) is 71.9 Å². The molecule has 44 heteroatoms. The number of carbonyl (C=O) groups is 12. The van der Waals surface area contributed by atoms with Gasteiger partial charge in [-0.2, -0.15) is 0 Å². The van der Waals surface area contributed by atoms with Crippen LogP contribution in [0, 0.1) is 21.7 Å². The van der Waals surface area contributed by atoms with Crippen molar-refractivity contribution in [3.8, 4) is 0 Å². The van der Waals surface area contributed by atoms with E-state index in [0.29, 0.717) is 0 Å². The molecule has 0 amide bonds. The summed E-state index contributed by atoms with van der Waals surface area (Å²) in [6.07, 6.45) is 5.90. The van der Waals surface area contributed by atoms with Crippen molar-refractivity contribution in [1.29, 1.82) is 0 Å². The molecule has 0 rings (SSSR count). The Kier molecular flexibility index (Phi) is 85.9. The van der Waals surface area contributed by atoms with Crippen molar-refractivity contribution in [2.45, 2.75) is 118 Å². The molecule has 4 N–H and O–H groups in total. The number of aliphatic hydroxyl groups excluding tert-OH is 4. The topological polar surface area (TPSA) is 544 Å². The van der Waals surface area contributed by atoms with Crippen LogP contribution in [-0.4, -0.2) is 405 Å². The maximum atomic E-state index is 11.8. The summed E-state index contributed by atoms with van der Waals surface area (Å²) in [7, 11) is 0. The van der Waals surface area contributed by atoms with Crippen LogP contribution >= 0.6 is 0 Å². The van der Waals surface area contributed by atoms with Crippen LogP contribution < -0.4 is 0 Å². The van der Waals surface area contributed by atoms with Gasteiger partial charge in [0.05, 0.1) is 259 Å². The van der Waals surface area contributed by atoms with Gasteiger partial charge >= 0.3 is 71.6 Å². The largest absolute Gasteiger partial charge is 0.460 e. The minimum Gasteiger partial charge on any atom is -0.460 e. The van der Waals surface area contributed by atoms with E-state index in [2.05, 4.69) is 78.9 Å². The van der Waals surface area contributed by atoms with Crippen molar-refractivity contribution in [2.75, 3.05) is 264 Å². The van der Waals surface area contributed by atoms with E-state index in [0.717, 1.165) is 60.8 Å². The molecule has 0 bridgehead atoms. The minimum absolute atomic E-state index is 0.0223. The second-order valence-electron chi connectivity index (χ2n) is 31.7. The lowest BCUT2D eigenvalue weighted by atomic mass is 9.92. The fourth-order valence-electron chi connectivity index (χ4n) is 10.3. The van der Waals surface area contributed by atoms with Crippen molar-refractivity contribution in [2.24, 2.45) is 21.7 Å². The van der Waals surface area contributed by atoms with Crippen LogP contribution in [0.3, 0.4) is 0 Å². The van der Waals surface area contributed by atoms with Crippen molar-refractivity contribution >= 4 is 71.6 Å². The number of hydrogen-bond acceptors (Lipinski definition) is 44. The number of rotatable bonds is 88. The third-order valence-electron chi connectivity index (χ3n) is 16.9. The molecule has 812 valence electrons. The number of hydrogen-bond donors (Lipinski definition) is 4. The smallest absolute Gasteiger partial charge is 0.333 e. The summed E-state index contributed by atoms with van der Waals surface area (Å²) in [5.41, 5.74) is -2.83. The molecule has 0 saturated carbocycles. The average molecular weight is 2040 g/mol. The van der Waals surface area contributed by atoms with E-state index >= 15 is 0 Å². The Morgan fingerprint density at radius 2 is 0.373 bits per heavy atom. The van der Waals surface area contributed by atoms with Crippen LogP contribution in [0.4, 0.5) is 0 Å². The fraction of sp³-hybridized carbons (Fsp3) is 0.633. The Balaban J connectivity index is -0.000000895. The zero-order valence-corrected chi connectivity index (χ0v) is 84.3. The second kappa shape index (κ2) is 88.4. The maximum Gasteiger partial charge on any atom is 0.333 e. The average Bonchev–Trinajstić information content (AvgIpc) is 1.27. The first-order chi connectivity index (χ1) is 67.5. The van der Waals surface area contributed by atoms with Gasteiger partial charge in [-0.25, -0.2) is 57.5 Å². The summed E-state index contributed by atoms with van der Waals surface area (Å²) < 4.78 is 152. The van der Waals surface area contributed by atoms with E-state index in [4.69, 9.17) is 143 Å². The van der Waals surface area contributed by atoms with Crippen molar-refractivity contribution < 1.29 is 211 Å². The molecule has 8 unspecified atom stereocenters. The predicted octanol–water partition coefficient (Wildman–Crippen LogP) is 4.76. The number of aliphatic hydroxyl groups is 4. The van der Waals surface area contributed by atoms with E-state index < -0.39 is 142 Å². The van der Waals surface area contributed by atoms with Gasteiger partial charge in [-0.15, -0.1) is 0 Å². The first-order valence-corrected chi connectivity index (χ1v) is 45.1. The molecule has 0 aliphatic carbocycles. The quantitative estimate of drug-likeness (QED) is 0.0276. The fourth-order valence-corrected chi connectivity index (χ4v) is 10.3. The Bertz CT molecular complexity index is 3430. The zero-order chi connectivity index (χ0) is 108. The second-order valence-corrected chi connectivity index (χ2v) is 31.7. The van der Waals surface area contributed by atoms with Gasteiger partial charge in [-0.05, 0) is 69.2 Å². The molecule has 0 spiro atoms. The Labute approximate surface area is 833 Å². The van der Waals surface area contributed by atoms with Gasteiger partial charge in [-0.1, -0.05) is 78.9 Å². The highest BCUT2D eigenvalue weighted by molar-refractivity contribution is 5.88. The Morgan fingerprint density at radius 3 is 0.535 bits per heavy atom. The van der Waals surface area contributed by atoms with Gasteiger partial charge in [0.25, 0.3) is 0 Å². The summed E-state index contributed by atoms with van der Waals surface area (Å²) in [6.45, 7) is 59.4. The number of carbonyl (C=O) groups excluding carboxylic acids is 12. The van der Waals surface area contributed by atoms with Gasteiger partial charge in [0.15, 0.2) is 0 Å². The summed E-state index contributed by atoms with van der Waals surface area (Å²) in [5, 5.41) is 37.4. The third kappa shape index (κ3) is 80.2. The zero-order valence-electron chi connectivity index (χ0n) is 84.3. The van der Waals surface area contributed by atoms with Gasteiger partial charge < -0.3 is 153 Å². The molecule has 0 aromatic heterocycles. The lowest BCUT2D eigenvalue weighted by Gasteiger charge is -2.34. The highest BCUT2D eigenvalue weighted by Crippen LogP contribution is 2.27. The normalized spacial score (nSPS) is 13.5. The SMILES string of the molecule is C=CC(=O)OC(C)COCC(COCC(C)O)(COCC(C)OC(=O)C=C)COCC(C)OC(=O)C(=C)C.C=CC(=O)OC(C)COCC(COCC(C)O)(COCC(C)OC(=O)C=C)COCC(C)OC(=O)C=C.C=CC(=O)OCCOCC(COCCO)(COCCOC(=O)C=C)COCCOC(=O)C(=C)C.C=CC(=O)OCCOCC(COCCO)(COCCOC(=O)C=C)COCCOC(=O)C=C. The van der Waals surface area contributed by atoms with E-state index in [9.17, 15) is 67.7 Å². The Morgan fingerprint density at radius 1 is 0.218 bits per heavy atom. The van der Waals surface area contributed by atoms with Crippen LogP contribution in [0.15, 0.2) is 151 Å².